The van der Waals surface area contributed by atoms with Gasteiger partial charge in [0.05, 0.1) is 34.5 Å². The van der Waals surface area contributed by atoms with Crippen molar-refractivity contribution in [3.63, 3.8) is 0 Å². The SMILES string of the molecule is COc1ccc(/C=C2\SC(=O)N(Cc3ccc(F)cc3Cl)C2=O)cc1Oc1ccc([N+](=O)[O-])cc1[N+](=O)[O-]. The Kier molecular flexibility index (Phi) is 7.60. The zero-order valence-electron chi connectivity index (χ0n) is 19.3. The first kappa shape index (κ1) is 26.6. The molecule has 1 saturated heterocycles. The monoisotopic (exact) mass is 559 g/mol. The van der Waals surface area contributed by atoms with Crippen molar-refractivity contribution in [1.82, 2.24) is 4.90 Å². The Morgan fingerprint density at radius 1 is 1.00 bits per heavy atom. The van der Waals surface area contributed by atoms with Crippen LogP contribution in [0.1, 0.15) is 11.1 Å². The number of hydrogen-bond acceptors (Lipinski definition) is 9. The summed E-state index contributed by atoms with van der Waals surface area (Å²) in [7, 11) is 1.35. The minimum Gasteiger partial charge on any atom is -0.493 e. The molecule has 11 nitrogen and oxygen atoms in total. The molecular formula is C24H15ClFN3O8S. The number of nitro groups is 2. The van der Waals surface area contributed by atoms with Crippen LogP contribution in [0.4, 0.5) is 20.6 Å². The molecule has 0 aromatic heterocycles. The number of ether oxygens (including phenoxy) is 2. The third kappa shape index (κ3) is 5.58. The molecule has 14 heteroatoms. The van der Waals surface area contributed by atoms with Gasteiger partial charge >= 0.3 is 5.69 Å². The molecule has 1 fully saturated rings. The third-order valence-corrected chi connectivity index (χ3v) is 6.53. The Morgan fingerprint density at radius 2 is 1.74 bits per heavy atom. The molecule has 0 N–H and O–H groups in total. The number of amides is 2. The van der Waals surface area contributed by atoms with Crippen LogP contribution in [-0.2, 0) is 11.3 Å². The second-order valence-corrected chi connectivity index (χ2v) is 9.08. The maximum absolute atomic E-state index is 13.3. The largest absolute Gasteiger partial charge is 0.493 e. The molecule has 1 aliphatic heterocycles. The van der Waals surface area contributed by atoms with Crippen LogP contribution < -0.4 is 9.47 Å². The van der Waals surface area contributed by atoms with E-state index in [2.05, 4.69) is 0 Å². The van der Waals surface area contributed by atoms with Gasteiger partial charge in [0.1, 0.15) is 5.82 Å². The average molecular weight is 560 g/mol. The van der Waals surface area contributed by atoms with Crippen molar-refractivity contribution < 1.29 is 33.3 Å². The van der Waals surface area contributed by atoms with Crippen LogP contribution in [0.3, 0.4) is 0 Å². The van der Waals surface area contributed by atoms with Gasteiger partial charge in [0.2, 0.25) is 5.75 Å². The van der Waals surface area contributed by atoms with Crippen LogP contribution in [-0.4, -0.2) is 33.0 Å². The molecule has 0 aliphatic carbocycles. The van der Waals surface area contributed by atoms with Crippen molar-refractivity contribution >= 4 is 52.0 Å². The Hall–Kier alpha value is -4.49. The number of imide groups is 1. The highest BCUT2D eigenvalue weighted by molar-refractivity contribution is 8.18. The number of nitrogens with zero attached hydrogens (tertiary/aromatic N) is 3. The van der Waals surface area contributed by atoms with Gasteiger partial charge in [-0.2, -0.15) is 0 Å². The molecule has 3 aromatic rings. The minimum absolute atomic E-state index is 0.0236. The van der Waals surface area contributed by atoms with Crippen molar-refractivity contribution in [2.75, 3.05) is 7.11 Å². The molecule has 0 spiro atoms. The van der Waals surface area contributed by atoms with Gasteiger partial charge in [0.25, 0.3) is 16.8 Å². The highest BCUT2D eigenvalue weighted by atomic mass is 35.5. The maximum Gasteiger partial charge on any atom is 0.318 e. The number of carbonyl (C=O) groups is 2. The van der Waals surface area contributed by atoms with E-state index in [9.17, 15) is 34.2 Å². The van der Waals surface area contributed by atoms with Crippen LogP contribution in [0.25, 0.3) is 6.08 Å². The van der Waals surface area contributed by atoms with Crippen molar-refractivity contribution in [1.29, 1.82) is 0 Å². The summed E-state index contributed by atoms with van der Waals surface area (Å²) in [4.78, 5) is 47.4. The number of benzene rings is 3. The fourth-order valence-electron chi connectivity index (χ4n) is 3.44. The molecule has 0 radical (unpaired) electrons. The van der Waals surface area contributed by atoms with E-state index in [1.165, 1.54) is 37.5 Å². The van der Waals surface area contributed by atoms with Crippen LogP contribution >= 0.6 is 23.4 Å². The number of carbonyl (C=O) groups excluding carboxylic acids is 2. The number of methoxy groups -OCH3 is 1. The number of hydrogen-bond donors (Lipinski definition) is 0. The zero-order chi connectivity index (χ0) is 27.6. The predicted octanol–water partition coefficient (Wildman–Crippen LogP) is 6.33. The van der Waals surface area contributed by atoms with Crippen molar-refractivity contribution in [3.8, 4) is 17.2 Å². The van der Waals surface area contributed by atoms with E-state index in [-0.39, 0.29) is 33.7 Å². The first-order chi connectivity index (χ1) is 18.1. The van der Waals surface area contributed by atoms with Gasteiger partial charge in [-0.05, 0) is 59.3 Å². The Bertz CT molecular complexity index is 1530. The van der Waals surface area contributed by atoms with Gasteiger partial charge in [0.15, 0.2) is 11.5 Å². The highest BCUT2D eigenvalue weighted by Crippen LogP contribution is 2.40. The minimum atomic E-state index is -0.817. The molecule has 2 amide bonds. The molecule has 194 valence electrons. The Labute approximate surface area is 222 Å². The lowest BCUT2D eigenvalue weighted by Gasteiger charge is -2.13. The van der Waals surface area contributed by atoms with Crippen molar-refractivity contribution in [2.24, 2.45) is 0 Å². The summed E-state index contributed by atoms with van der Waals surface area (Å²) in [5.74, 6) is -1.20. The van der Waals surface area contributed by atoms with Gasteiger partial charge in [-0.3, -0.25) is 34.7 Å². The van der Waals surface area contributed by atoms with E-state index in [0.717, 1.165) is 29.2 Å². The van der Waals surface area contributed by atoms with Crippen LogP contribution in [0.15, 0.2) is 59.5 Å². The summed E-state index contributed by atoms with van der Waals surface area (Å²) in [5, 5.41) is 22.0. The average Bonchev–Trinajstić information content (AvgIpc) is 3.13. The Morgan fingerprint density at radius 3 is 2.39 bits per heavy atom. The first-order valence-corrected chi connectivity index (χ1v) is 11.7. The van der Waals surface area contributed by atoms with Gasteiger partial charge in [-0.1, -0.05) is 23.7 Å². The molecular weight excluding hydrogens is 545 g/mol. The summed E-state index contributed by atoms with van der Waals surface area (Å²) >= 11 is 6.72. The second kappa shape index (κ2) is 10.9. The molecule has 4 rings (SSSR count). The molecule has 0 saturated carbocycles. The molecule has 0 unspecified atom stereocenters. The van der Waals surface area contributed by atoms with E-state index >= 15 is 0 Å². The van der Waals surface area contributed by atoms with Gasteiger partial charge < -0.3 is 9.47 Å². The van der Waals surface area contributed by atoms with E-state index in [1.807, 2.05) is 0 Å². The van der Waals surface area contributed by atoms with Gasteiger partial charge in [-0.25, -0.2) is 4.39 Å². The van der Waals surface area contributed by atoms with Crippen LogP contribution in [0.5, 0.6) is 17.2 Å². The number of halogens is 2. The third-order valence-electron chi connectivity index (χ3n) is 5.27. The molecule has 38 heavy (non-hydrogen) atoms. The lowest BCUT2D eigenvalue weighted by Crippen LogP contribution is -2.27. The molecule has 1 heterocycles. The standard InChI is InChI=1S/C24H15ClFN3O8S/c1-36-20-6-2-13(8-21(20)37-19-7-5-16(28(32)33)11-18(19)29(34)35)9-22-23(30)27(24(31)38-22)12-14-3-4-15(26)10-17(14)25/h2-11H,12H2,1H3/b22-9-. The summed E-state index contributed by atoms with van der Waals surface area (Å²) in [5.41, 5.74) is -0.327. The molecule has 3 aromatic carbocycles. The Balaban J connectivity index is 1.62. The lowest BCUT2D eigenvalue weighted by molar-refractivity contribution is -0.394. The summed E-state index contributed by atoms with van der Waals surface area (Å²) in [6.45, 7) is -0.151. The summed E-state index contributed by atoms with van der Waals surface area (Å²) in [6, 6.07) is 11.0. The van der Waals surface area contributed by atoms with Crippen LogP contribution in [0, 0.1) is 26.0 Å². The highest BCUT2D eigenvalue weighted by Gasteiger charge is 2.35. The zero-order valence-corrected chi connectivity index (χ0v) is 20.8. The van der Waals surface area contributed by atoms with E-state index in [0.29, 0.717) is 22.9 Å². The smallest absolute Gasteiger partial charge is 0.318 e. The van der Waals surface area contributed by atoms with Crippen LogP contribution in [0.2, 0.25) is 5.02 Å². The fraction of sp³-hybridized carbons (Fsp3) is 0.0833. The topological polar surface area (TPSA) is 142 Å². The first-order valence-electron chi connectivity index (χ1n) is 10.6. The number of rotatable bonds is 8. The summed E-state index contributed by atoms with van der Waals surface area (Å²) < 4.78 is 24.2. The number of nitro benzene ring substituents is 2. The van der Waals surface area contributed by atoms with Gasteiger partial charge in [0, 0.05) is 11.1 Å². The maximum atomic E-state index is 13.3. The van der Waals surface area contributed by atoms with E-state index in [1.54, 1.807) is 6.07 Å². The summed E-state index contributed by atoms with van der Waals surface area (Å²) in [6.07, 6.45) is 1.42. The van der Waals surface area contributed by atoms with Crippen molar-refractivity contribution in [3.05, 3.63) is 102 Å². The molecule has 0 bridgehead atoms. The number of non-ortho nitro benzene ring substituents is 1. The predicted molar refractivity (Wildman–Crippen MR) is 136 cm³/mol. The lowest BCUT2D eigenvalue weighted by atomic mass is 10.1. The molecule has 0 atom stereocenters. The molecule has 1 aliphatic rings. The fourth-order valence-corrected chi connectivity index (χ4v) is 4.50. The van der Waals surface area contributed by atoms with Gasteiger partial charge in [-0.15, -0.1) is 0 Å². The second-order valence-electron chi connectivity index (χ2n) is 7.68. The quantitative estimate of drug-likeness (QED) is 0.175. The van der Waals surface area contributed by atoms with E-state index < -0.39 is 38.2 Å². The normalized spacial score (nSPS) is 14.2. The van der Waals surface area contributed by atoms with Crippen molar-refractivity contribution in [2.45, 2.75) is 6.54 Å². The van der Waals surface area contributed by atoms with E-state index in [4.69, 9.17) is 21.1 Å². The number of thioether (sulfide) groups is 1.